The smallest absolute Gasteiger partial charge is 0.408 e. The lowest BCUT2D eigenvalue weighted by atomic mass is 10.0. The third-order valence-corrected chi connectivity index (χ3v) is 4.27. The van der Waals surface area contributed by atoms with E-state index in [9.17, 15) is 19.5 Å². The Morgan fingerprint density at radius 2 is 1.50 bits per heavy atom. The molecular weight excluding hydrogens is 384 g/mol. The molecule has 0 fully saturated rings. The van der Waals surface area contributed by atoms with Gasteiger partial charge in [-0.1, -0.05) is 66.2 Å². The van der Waals surface area contributed by atoms with E-state index in [1.807, 2.05) is 60.7 Å². The van der Waals surface area contributed by atoms with Crippen LogP contribution >= 0.6 is 0 Å². The second-order valence-corrected chi connectivity index (χ2v) is 7.01. The molecule has 0 aliphatic rings. The summed E-state index contributed by atoms with van der Waals surface area (Å²) in [6, 6.07) is 16.1. The second-order valence-electron chi connectivity index (χ2n) is 7.01. The van der Waals surface area contributed by atoms with Crippen molar-refractivity contribution in [2.45, 2.75) is 38.5 Å². The number of hydrogen-bond donors (Lipinski definition) is 3. The molecule has 7 nitrogen and oxygen atoms in total. The summed E-state index contributed by atoms with van der Waals surface area (Å²) in [5.74, 6) is -1.78. The monoisotopic (exact) mass is 410 g/mol. The number of amides is 2. The van der Waals surface area contributed by atoms with Gasteiger partial charge in [-0.15, -0.1) is 6.58 Å². The molecule has 0 aliphatic heterocycles. The molecule has 30 heavy (non-hydrogen) atoms. The number of ether oxygens (including phenoxy) is 1. The molecule has 0 heterocycles. The third kappa shape index (κ3) is 7.79. The van der Waals surface area contributed by atoms with Crippen molar-refractivity contribution in [1.82, 2.24) is 10.6 Å². The van der Waals surface area contributed by atoms with E-state index >= 15 is 0 Å². The summed E-state index contributed by atoms with van der Waals surface area (Å²) >= 11 is 0. The lowest BCUT2D eigenvalue weighted by molar-refractivity contribution is -0.142. The first-order valence-electron chi connectivity index (χ1n) is 9.54. The highest BCUT2D eigenvalue weighted by atomic mass is 16.5. The number of alkyl carbamates (subject to hydrolysis) is 1. The lowest BCUT2D eigenvalue weighted by Crippen LogP contribution is -2.52. The largest absolute Gasteiger partial charge is 0.480 e. The van der Waals surface area contributed by atoms with Gasteiger partial charge in [0.15, 0.2) is 0 Å². The molecule has 0 saturated carbocycles. The van der Waals surface area contributed by atoms with Crippen molar-refractivity contribution in [3.05, 3.63) is 83.9 Å². The SMILES string of the molecule is C=C(C)C[C@H](NC(=O)[C@H](Cc1ccccc1)NC(=O)OCc1ccccc1)C(=O)O. The fraction of sp³-hybridized carbons (Fsp3) is 0.261. The third-order valence-electron chi connectivity index (χ3n) is 4.27. The summed E-state index contributed by atoms with van der Waals surface area (Å²) in [6.07, 6.45) is -0.480. The first-order chi connectivity index (χ1) is 14.3. The van der Waals surface area contributed by atoms with Crippen LogP contribution in [0.1, 0.15) is 24.5 Å². The Hall–Kier alpha value is -3.61. The first-order valence-corrected chi connectivity index (χ1v) is 9.54. The van der Waals surface area contributed by atoms with Crippen molar-refractivity contribution < 1.29 is 24.2 Å². The number of rotatable bonds is 10. The van der Waals surface area contributed by atoms with Gasteiger partial charge in [0, 0.05) is 6.42 Å². The molecule has 2 rings (SSSR count). The number of carbonyl (C=O) groups excluding carboxylic acids is 2. The molecule has 0 unspecified atom stereocenters. The van der Waals surface area contributed by atoms with E-state index in [4.69, 9.17) is 4.74 Å². The van der Waals surface area contributed by atoms with Crippen LogP contribution in [0.4, 0.5) is 4.79 Å². The van der Waals surface area contributed by atoms with Gasteiger partial charge in [0.2, 0.25) is 5.91 Å². The molecule has 7 heteroatoms. The molecule has 158 valence electrons. The highest BCUT2D eigenvalue weighted by molar-refractivity contribution is 5.89. The zero-order valence-electron chi connectivity index (χ0n) is 16.8. The van der Waals surface area contributed by atoms with Crippen LogP contribution in [0.5, 0.6) is 0 Å². The van der Waals surface area contributed by atoms with Gasteiger partial charge in [0.05, 0.1) is 0 Å². The minimum Gasteiger partial charge on any atom is -0.480 e. The zero-order chi connectivity index (χ0) is 21.9. The number of nitrogens with one attached hydrogen (secondary N) is 2. The lowest BCUT2D eigenvalue weighted by Gasteiger charge is -2.21. The summed E-state index contributed by atoms with van der Waals surface area (Å²) in [5, 5.41) is 14.4. The van der Waals surface area contributed by atoms with Crippen molar-refractivity contribution >= 4 is 18.0 Å². The molecule has 0 bridgehead atoms. The molecule has 0 aliphatic carbocycles. The van der Waals surface area contributed by atoms with Gasteiger partial charge in [-0.3, -0.25) is 4.79 Å². The predicted octanol–water partition coefficient (Wildman–Crippen LogP) is 3.06. The molecule has 2 aromatic carbocycles. The van der Waals surface area contributed by atoms with Crippen molar-refractivity contribution in [3.8, 4) is 0 Å². The maximum Gasteiger partial charge on any atom is 0.408 e. The Morgan fingerprint density at radius 3 is 2.03 bits per heavy atom. The second kappa shape index (κ2) is 11.4. The number of hydrogen-bond acceptors (Lipinski definition) is 4. The Morgan fingerprint density at radius 1 is 0.933 bits per heavy atom. The molecule has 2 aromatic rings. The van der Waals surface area contributed by atoms with Crippen LogP contribution in [0, 0.1) is 0 Å². The normalized spacial score (nSPS) is 12.3. The Bertz CT molecular complexity index is 868. The van der Waals surface area contributed by atoms with Crippen LogP contribution in [0.3, 0.4) is 0 Å². The number of carboxylic acid groups (broad SMARTS) is 1. The maximum absolute atomic E-state index is 12.8. The van der Waals surface area contributed by atoms with E-state index in [2.05, 4.69) is 17.2 Å². The highest BCUT2D eigenvalue weighted by Crippen LogP contribution is 2.08. The Balaban J connectivity index is 2.06. The summed E-state index contributed by atoms with van der Waals surface area (Å²) in [6.45, 7) is 5.43. The van der Waals surface area contributed by atoms with Gasteiger partial charge >= 0.3 is 12.1 Å². The van der Waals surface area contributed by atoms with Gasteiger partial charge in [-0.25, -0.2) is 9.59 Å². The van der Waals surface area contributed by atoms with Crippen LogP contribution in [0.15, 0.2) is 72.8 Å². The van der Waals surface area contributed by atoms with E-state index in [0.717, 1.165) is 11.1 Å². The molecule has 0 radical (unpaired) electrons. The van der Waals surface area contributed by atoms with Crippen LogP contribution in [0.2, 0.25) is 0 Å². The van der Waals surface area contributed by atoms with E-state index in [0.29, 0.717) is 5.57 Å². The number of carbonyl (C=O) groups is 3. The van der Waals surface area contributed by atoms with Crippen molar-refractivity contribution in [1.29, 1.82) is 0 Å². The summed E-state index contributed by atoms with van der Waals surface area (Å²) in [4.78, 5) is 36.5. The van der Waals surface area contributed by atoms with Crippen LogP contribution < -0.4 is 10.6 Å². The first kappa shape index (κ1) is 22.7. The number of carboxylic acids is 1. The molecular formula is C23H26N2O5. The molecule has 3 N–H and O–H groups in total. The van der Waals surface area contributed by atoms with Crippen LogP contribution in [0.25, 0.3) is 0 Å². The van der Waals surface area contributed by atoms with Gasteiger partial charge in [-0.2, -0.15) is 0 Å². The average molecular weight is 410 g/mol. The summed E-state index contributed by atoms with van der Waals surface area (Å²) in [5.41, 5.74) is 2.24. The highest BCUT2D eigenvalue weighted by Gasteiger charge is 2.27. The van der Waals surface area contributed by atoms with Crippen LogP contribution in [-0.2, 0) is 27.4 Å². The van der Waals surface area contributed by atoms with Gasteiger partial charge in [0.25, 0.3) is 0 Å². The average Bonchev–Trinajstić information content (AvgIpc) is 2.72. The fourth-order valence-electron chi connectivity index (χ4n) is 2.79. The summed E-state index contributed by atoms with van der Waals surface area (Å²) < 4.78 is 5.20. The minimum absolute atomic E-state index is 0.0553. The van der Waals surface area contributed by atoms with Gasteiger partial charge in [-0.05, 0) is 24.5 Å². The standard InChI is InChI=1S/C23H26N2O5/c1-16(2)13-20(22(27)28)24-21(26)19(14-17-9-5-3-6-10-17)25-23(29)30-15-18-11-7-4-8-12-18/h3-12,19-20H,1,13-15H2,2H3,(H,24,26)(H,25,29)(H,27,28)/t19-,20-/m0/s1. The Kier molecular flexibility index (Phi) is 8.62. The molecule has 0 aromatic heterocycles. The summed E-state index contributed by atoms with van der Waals surface area (Å²) in [7, 11) is 0. The Labute approximate surface area is 175 Å². The molecule has 0 spiro atoms. The molecule has 2 atom stereocenters. The van der Waals surface area contributed by atoms with Gasteiger partial charge in [0.1, 0.15) is 18.7 Å². The quantitative estimate of drug-likeness (QED) is 0.522. The molecule has 0 saturated heterocycles. The number of aliphatic carboxylic acids is 1. The van der Waals surface area contributed by atoms with Crippen molar-refractivity contribution in [3.63, 3.8) is 0 Å². The van der Waals surface area contributed by atoms with Crippen LogP contribution in [-0.4, -0.2) is 35.2 Å². The molecule has 2 amide bonds. The minimum atomic E-state index is -1.17. The predicted molar refractivity (Wildman–Crippen MR) is 113 cm³/mol. The van der Waals surface area contributed by atoms with Gasteiger partial charge < -0.3 is 20.5 Å². The van der Waals surface area contributed by atoms with E-state index in [-0.39, 0.29) is 19.4 Å². The van der Waals surface area contributed by atoms with E-state index in [1.54, 1.807) is 6.92 Å². The van der Waals surface area contributed by atoms with E-state index < -0.39 is 30.1 Å². The maximum atomic E-state index is 12.8. The van der Waals surface area contributed by atoms with Crippen molar-refractivity contribution in [2.75, 3.05) is 0 Å². The topological polar surface area (TPSA) is 105 Å². The van der Waals surface area contributed by atoms with Crippen molar-refractivity contribution in [2.24, 2.45) is 0 Å². The fourth-order valence-corrected chi connectivity index (χ4v) is 2.79. The number of benzene rings is 2. The zero-order valence-corrected chi connectivity index (χ0v) is 16.8. The van der Waals surface area contributed by atoms with E-state index in [1.165, 1.54) is 0 Å².